The second kappa shape index (κ2) is 15.0. The smallest absolute Gasteiger partial charge is 0.265 e. The Balaban J connectivity index is 1.22. The average molecular weight is 808 g/mol. The van der Waals surface area contributed by atoms with Crippen LogP contribution in [-0.4, -0.2) is 26.8 Å². The fourth-order valence-corrected chi connectivity index (χ4v) is 7.55. The first-order valence-corrected chi connectivity index (χ1v) is 18.0. The Kier molecular flexibility index (Phi) is 10.7. The van der Waals surface area contributed by atoms with Crippen LogP contribution in [0.1, 0.15) is 30.4 Å². The summed E-state index contributed by atoms with van der Waals surface area (Å²) >= 11 is 13.7. The van der Waals surface area contributed by atoms with Gasteiger partial charge in [0.25, 0.3) is 0 Å². The predicted molar refractivity (Wildman–Crippen MR) is 201 cm³/mol. The van der Waals surface area contributed by atoms with Gasteiger partial charge in [0.15, 0.2) is 5.69 Å². The molecule has 0 fully saturated rings. The Bertz CT molecular complexity index is 2050. The summed E-state index contributed by atoms with van der Waals surface area (Å²) in [6.07, 6.45) is 6.23. The van der Waals surface area contributed by atoms with Crippen molar-refractivity contribution >= 4 is 89.6 Å². The highest BCUT2D eigenvalue weighted by molar-refractivity contribution is 14.1. The molecule has 9 heteroatoms. The molecule has 0 aliphatic rings. The lowest BCUT2D eigenvalue weighted by molar-refractivity contribution is 0.648. The van der Waals surface area contributed by atoms with Crippen molar-refractivity contribution in [1.29, 1.82) is 0 Å². The number of thioether (sulfide) groups is 1. The van der Waals surface area contributed by atoms with Crippen molar-refractivity contribution in [3.63, 3.8) is 0 Å². The molecule has 5 aromatic carbocycles. The normalized spacial score (nSPS) is 11.6. The first-order chi connectivity index (χ1) is 22.0. The Morgan fingerprint density at radius 2 is 1.58 bits per heavy atom. The number of hydrogen-bond acceptors (Lipinski definition) is 5. The fraction of sp³-hybridized carbons (Fsp3) is 0.167. The molecule has 0 N–H and O–H groups in total. The minimum atomic E-state index is -0.274. The molecule has 0 aliphatic carbocycles. The van der Waals surface area contributed by atoms with Gasteiger partial charge in [-0.25, -0.2) is 0 Å². The summed E-state index contributed by atoms with van der Waals surface area (Å²) in [7, 11) is 0. The molecule has 0 saturated heterocycles. The van der Waals surface area contributed by atoms with Gasteiger partial charge in [-0.05, 0) is 115 Å². The van der Waals surface area contributed by atoms with Crippen molar-refractivity contribution in [2.75, 3.05) is 5.75 Å². The number of rotatable bonds is 11. The molecule has 0 bridgehead atoms. The van der Waals surface area contributed by atoms with Gasteiger partial charge in [0, 0.05) is 25.6 Å². The zero-order chi connectivity index (χ0) is 31.2. The molecule has 0 aliphatic heterocycles. The first kappa shape index (κ1) is 31.9. The molecule has 5 nitrogen and oxygen atoms in total. The van der Waals surface area contributed by atoms with Crippen molar-refractivity contribution in [2.24, 2.45) is 5.10 Å². The van der Waals surface area contributed by atoms with E-state index >= 15 is 0 Å². The molecule has 1 heterocycles. The van der Waals surface area contributed by atoms with Crippen LogP contribution in [0.15, 0.2) is 117 Å². The Labute approximate surface area is 293 Å². The molecule has 1 aromatic heterocycles. The van der Waals surface area contributed by atoms with E-state index in [1.807, 2.05) is 54.7 Å². The third-order valence-electron chi connectivity index (χ3n) is 7.63. The number of fused-ring (bicyclic) bond motifs is 2. The summed E-state index contributed by atoms with van der Waals surface area (Å²) in [6, 6.07) is 32.8. The molecule has 0 radical (unpaired) electrons. The van der Waals surface area contributed by atoms with Crippen molar-refractivity contribution in [1.82, 2.24) is 14.9 Å². The highest BCUT2D eigenvalue weighted by atomic mass is 127. The standard InChI is InChI=1S/C36H29BrClIN4OS/c37-33-31(38)22-24(23-32(33)39)10-2-1-7-20-40-43-35(44)34(30-18-9-15-26-12-4-6-17-29(26)30)41-42-36(43)45-21-19-27-14-8-13-25-11-3-5-16-28(25)27/h3-6,8-9,11-18,20,22-23H,1-2,7,10,19,21H2. The van der Waals surface area contributed by atoms with Crippen LogP contribution < -0.4 is 5.56 Å². The summed E-state index contributed by atoms with van der Waals surface area (Å²) in [6.45, 7) is 0. The van der Waals surface area contributed by atoms with Crippen LogP contribution in [0.4, 0.5) is 0 Å². The zero-order valence-electron chi connectivity index (χ0n) is 24.3. The second-order valence-electron chi connectivity index (χ2n) is 10.6. The van der Waals surface area contributed by atoms with E-state index in [1.165, 1.54) is 38.3 Å². The number of nitrogens with zero attached hydrogens (tertiary/aromatic N) is 4. The van der Waals surface area contributed by atoms with Crippen LogP contribution in [0, 0.1) is 3.57 Å². The fourth-order valence-electron chi connectivity index (χ4n) is 5.38. The number of benzene rings is 5. The lowest BCUT2D eigenvalue weighted by Gasteiger charge is -2.10. The maximum absolute atomic E-state index is 14.0. The van der Waals surface area contributed by atoms with Gasteiger partial charge in [0.2, 0.25) is 5.16 Å². The zero-order valence-corrected chi connectivity index (χ0v) is 29.6. The van der Waals surface area contributed by atoms with Gasteiger partial charge in [-0.2, -0.15) is 9.78 Å². The Morgan fingerprint density at radius 1 is 0.867 bits per heavy atom. The summed E-state index contributed by atoms with van der Waals surface area (Å²) in [5, 5.41) is 19.3. The van der Waals surface area contributed by atoms with Gasteiger partial charge in [-0.15, -0.1) is 10.2 Å². The third kappa shape index (κ3) is 7.51. The molecule has 0 amide bonds. The van der Waals surface area contributed by atoms with Gasteiger partial charge in [0.05, 0.1) is 5.02 Å². The lowest BCUT2D eigenvalue weighted by Crippen LogP contribution is -2.23. The van der Waals surface area contributed by atoms with E-state index in [-0.39, 0.29) is 5.56 Å². The van der Waals surface area contributed by atoms with Crippen molar-refractivity contribution < 1.29 is 0 Å². The summed E-state index contributed by atoms with van der Waals surface area (Å²) in [4.78, 5) is 14.0. The molecule has 0 unspecified atom stereocenters. The number of aryl methyl sites for hydroxylation is 2. The average Bonchev–Trinajstić information content (AvgIpc) is 3.06. The maximum atomic E-state index is 14.0. The van der Waals surface area contributed by atoms with Crippen LogP contribution in [0.5, 0.6) is 0 Å². The highest BCUT2D eigenvalue weighted by Gasteiger charge is 2.16. The van der Waals surface area contributed by atoms with E-state index in [4.69, 9.17) is 11.6 Å². The van der Waals surface area contributed by atoms with Crippen molar-refractivity contribution in [3.8, 4) is 11.3 Å². The number of halogens is 3. The monoisotopic (exact) mass is 806 g/mol. The molecule has 0 atom stereocenters. The van der Waals surface area contributed by atoms with Gasteiger partial charge in [0.1, 0.15) is 0 Å². The topological polar surface area (TPSA) is 60.1 Å². The van der Waals surface area contributed by atoms with Crippen LogP contribution in [-0.2, 0) is 12.8 Å². The Hall–Kier alpha value is -3.05. The van der Waals surface area contributed by atoms with E-state index in [9.17, 15) is 4.79 Å². The molecule has 0 spiro atoms. The van der Waals surface area contributed by atoms with E-state index in [0.29, 0.717) is 10.9 Å². The van der Waals surface area contributed by atoms with Gasteiger partial charge >= 0.3 is 5.56 Å². The van der Waals surface area contributed by atoms with E-state index in [0.717, 1.165) is 67.3 Å². The van der Waals surface area contributed by atoms with E-state index in [1.54, 1.807) is 0 Å². The number of aromatic nitrogens is 3. The van der Waals surface area contributed by atoms with Crippen LogP contribution in [0.3, 0.4) is 0 Å². The third-order valence-corrected chi connectivity index (χ3v) is 11.5. The van der Waals surface area contributed by atoms with Crippen LogP contribution in [0.25, 0.3) is 32.8 Å². The van der Waals surface area contributed by atoms with Gasteiger partial charge in [-0.3, -0.25) is 4.79 Å². The molecule has 6 rings (SSSR count). The van der Waals surface area contributed by atoms with Gasteiger partial charge in [-0.1, -0.05) is 108 Å². The lowest BCUT2D eigenvalue weighted by atomic mass is 10.0. The van der Waals surface area contributed by atoms with Crippen molar-refractivity contribution in [2.45, 2.75) is 37.3 Å². The maximum Gasteiger partial charge on any atom is 0.301 e. The number of unbranched alkanes of at least 4 members (excludes halogenated alkanes) is 2. The molecule has 0 saturated carbocycles. The van der Waals surface area contributed by atoms with Gasteiger partial charge < -0.3 is 0 Å². The summed E-state index contributed by atoms with van der Waals surface area (Å²) in [5.41, 5.74) is 3.25. The molecule has 226 valence electrons. The second-order valence-corrected chi connectivity index (χ2v) is 14.1. The largest absolute Gasteiger partial charge is 0.301 e. The van der Waals surface area contributed by atoms with Crippen molar-refractivity contribution in [3.05, 3.63) is 132 Å². The van der Waals surface area contributed by atoms with E-state index < -0.39 is 0 Å². The first-order valence-electron chi connectivity index (χ1n) is 14.7. The quantitative estimate of drug-likeness (QED) is 0.0430. The molecular formula is C36H29BrClIN4OS. The Morgan fingerprint density at radius 3 is 2.38 bits per heavy atom. The predicted octanol–water partition coefficient (Wildman–Crippen LogP) is 10.2. The highest BCUT2D eigenvalue weighted by Crippen LogP contribution is 2.30. The SMILES string of the molecule is O=c1c(-c2cccc3ccccc23)nnc(SCCc2cccc3ccccc23)n1N=CCCCCc1cc(Cl)c(Br)c(I)c1. The summed E-state index contributed by atoms with van der Waals surface area (Å²) < 4.78 is 3.47. The number of hydrogen-bond donors (Lipinski definition) is 0. The molecular weight excluding hydrogens is 779 g/mol. The minimum absolute atomic E-state index is 0.274. The molecule has 6 aromatic rings. The van der Waals surface area contributed by atoms with E-state index in [2.05, 4.69) is 102 Å². The minimum Gasteiger partial charge on any atom is -0.265 e. The molecule has 45 heavy (non-hydrogen) atoms. The van der Waals surface area contributed by atoms with Crippen LogP contribution >= 0.6 is 61.9 Å². The summed E-state index contributed by atoms with van der Waals surface area (Å²) in [5.74, 6) is 0.736. The van der Waals surface area contributed by atoms with Crippen LogP contribution in [0.2, 0.25) is 5.02 Å².